The average Bonchev–Trinajstić information content (AvgIpc) is 2.69. The number of furan rings is 1. The average molecular weight is 272 g/mol. The number of carbonyl (C=O) groups is 1. The van der Waals surface area contributed by atoms with Crippen molar-refractivity contribution >= 4 is 22.6 Å². The standard InChI is InChI=1S/C12H11F3N2O2/c1-17(2)6-3-8(12(13,14)15)7-5-10(11(16)18)19-9(7)4-6/h3-5H,1-2H3,(H2,16,18). The highest BCUT2D eigenvalue weighted by Crippen LogP contribution is 2.38. The number of hydrogen-bond acceptors (Lipinski definition) is 3. The Labute approximate surface area is 106 Å². The second-order valence-corrected chi connectivity index (χ2v) is 4.27. The lowest BCUT2D eigenvalue weighted by atomic mass is 10.1. The highest BCUT2D eigenvalue weighted by molar-refractivity contribution is 5.97. The Morgan fingerprint density at radius 1 is 1.26 bits per heavy atom. The first-order valence-corrected chi connectivity index (χ1v) is 5.32. The van der Waals surface area contributed by atoms with Crippen molar-refractivity contribution in [2.75, 3.05) is 19.0 Å². The SMILES string of the molecule is CN(C)c1cc(C(F)(F)F)c2cc(C(N)=O)oc2c1. The first-order valence-electron chi connectivity index (χ1n) is 5.32. The number of hydrogen-bond donors (Lipinski definition) is 1. The Bertz CT molecular complexity index is 644. The first-order chi connectivity index (χ1) is 8.70. The van der Waals surface area contributed by atoms with E-state index in [1.54, 1.807) is 14.1 Å². The number of halogens is 3. The minimum absolute atomic E-state index is 0.0210. The van der Waals surface area contributed by atoms with Gasteiger partial charge in [0.25, 0.3) is 5.91 Å². The Kier molecular flexibility index (Phi) is 2.92. The summed E-state index contributed by atoms with van der Waals surface area (Å²) in [5.41, 5.74) is 4.46. The van der Waals surface area contributed by atoms with Gasteiger partial charge in [-0.1, -0.05) is 0 Å². The number of benzene rings is 1. The summed E-state index contributed by atoms with van der Waals surface area (Å²) in [5.74, 6) is -1.20. The van der Waals surface area contributed by atoms with E-state index in [0.29, 0.717) is 5.69 Å². The number of rotatable bonds is 2. The molecule has 102 valence electrons. The normalized spacial score (nSPS) is 11.8. The number of primary amides is 1. The third-order valence-electron chi connectivity index (χ3n) is 2.69. The van der Waals surface area contributed by atoms with E-state index >= 15 is 0 Å². The highest BCUT2D eigenvalue weighted by atomic mass is 19.4. The molecule has 0 bridgehead atoms. The van der Waals surface area contributed by atoms with Gasteiger partial charge in [-0.05, 0) is 12.1 Å². The van der Waals surface area contributed by atoms with E-state index in [-0.39, 0.29) is 16.7 Å². The van der Waals surface area contributed by atoms with Crippen molar-refractivity contribution in [1.82, 2.24) is 0 Å². The lowest BCUT2D eigenvalue weighted by molar-refractivity contribution is -0.136. The molecule has 0 atom stereocenters. The van der Waals surface area contributed by atoms with Gasteiger partial charge in [-0.15, -0.1) is 0 Å². The van der Waals surface area contributed by atoms with Gasteiger partial charge >= 0.3 is 6.18 Å². The molecule has 0 radical (unpaired) electrons. The lowest BCUT2D eigenvalue weighted by Gasteiger charge is -2.15. The Balaban J connectivity index is 2.79. The quantitative estimate of drug-likeness (QED) is 0.914. The molecule has 1 aromatic heterocycles. The molecule has 4 nitrogen and oxygen atoms in total. The number of carbonyl (C=O) groups excluding carboxylic acids is 1. The topological polar surface area (TPSA) is 59.5 Å². The second kappa shape index (κ2) is 4.18. The van der Waals surface area contributed by atoms with Crippen molar-refractivity contribution in [1.29, 1.82) is 0 Å². The van der Waals surface area contributed by atoms with Gasteiger partial charge in [0.2, 0.25) is 0 Å². The number of anilines is 1. The molecular formula is C12H11F3N2O2. The third-order valence-corrected chi connectivity index (χ3v) is 2.69. The third kappa shape index (κ3) is 2.35. The van der Waals surface area contributed by atoms with Gasteiger partial charge in [0.1, 0.15) is 5.58 Å². The van der Waals surface area contributed by atoms with Crippen LogP contribution >= 0.6 is 0 Å². The van der Waals surface area contributed by atoms with Crippen molar-refractivity contribution in [3.8, 4) is 0 Å². The molecule has 0 saturated carbocycles. The summed E-state index contributed by atoms with van der Waals surface area (Å²) in [5, 5.41) is -0.174. The molecule has 2 aromatic rings. The molecule has 0 unspecified atom stereocenters. The van der Waals surface area contributed by atoms with Crippen molar-refractivity contribution in [2.24, 2.45) is 5.73 Å². The van der Waals surface area contributed by atoms with Crippen LogP contribution in [0.15, 0.2) is 22.6 Å². The number of amides is 1. The van der Waals surface area contributed by atoms with E-state index in [0.717, 1.165) is 12.1 Å². The van der Waals surface area contributed by atoms with E-state index in [9.17, 15) is 18.0 Å². The van der Waals surface area contributed by atoms with Gasteiger partial charge in [-0.3, -0.25) is 4.79 Å². The van der Waals surface area contributed by atoms with Crippen LogP contribution in [0.5, 0.6) is 0 Å². The molecule has 7 heteroatoms. The first kappa shape index (κ1) is 13.3. The monoisotopic (exact) mass is 272 g/mol. The van der Waals surface area contributed by atoms with E-state index < -0.39 is 17.6 Å². The minimum Gasteiger partial charge on any atom is -0.451 e. The van der Waals surface area contributed by atoms with Gasteiger partial charge in [0.15, 0.2) is 5.76 Å². The number of fused-ring (bicyclic) bond motifs is 1. The van der Waals surface area contributed by atoms with Gasteiger partial charge in [0.05, 0.1) is 5.56 Å². The van der Waals surface area contributed by atoms with E-state index in [2.05, 4.69) is 0 Å². The van der Waals surface area contributed by atoms with Gasteiger partial charge in [-0.2, -0.15) is 13.2 Å². The van der Waals surface area contributed by atoms with E-state index in [1.807, 2.05) is 0 Å². The largest absolute Gasteiger partial charge is 0.451 e. The Morgan fingerprint density at radius 2 is 1.89 bits per heavy atom. The zero-order valence-electron chi connectivity index (χ0n) is 10.2. The zero-order chi connectivity index (χ0) is 14.4. The predicted molar refractivity (Wildman–Crippen MR) is 64.1 cm³/mol. The van der Waals surface area contributed by atoms with Crippen LogP contribution in [0.3, 0.4) is 0 Å². The number of nitrogens with zero attached hydrogens (tertiary/aromatic N) is 1. The Morgan fingerprint density at radius 3 is 2.37 bits per heavy atom. The summed E-state index contributed by atoms with van der Waals surface area (Å²) in [4.78, 5) is 12.5. The van der Waals surface area contributed by atoms with Gasteiger partial charge in [0, 0.05) is 31.2 Å². The Hall–Kier alpha value is -2.18. The van der Waals surface area contributed by atoms with Crippen LogP contribution in [-0.2, 0) is 6.18 Å². The lowest BCUT2D eigenvalue weighted by Crippen LogP contribution is -2.11. The number of nitrogens with two attached hydrogens (primary N) is 1. The van der Waals surface area contributed by atoms with Crippen LogP contribution in [0.25, 0.3) is 11.0 Å². The molecule has 2 N–H and O–H groups in total. The summed E-state index contributed by atoms with van der Waals surface area (Å²) in [7, 11) is 3.22. The fourth-order valence-corrected chi connectivity index (χ4v) is 1.74. The van der Waals surface area contributed by atoms with Crippen molar-refractivity contribution in [2.45, 2.75) is 6.18 Å². The molecule has 2 rings (SSSR count). The molecule has 0 fully saturated rings. The van der Waals surface area contributed by atoms with E-state index in [1.165, 1.54) is 11.0 Å². The molecule has 0 aliphatic carbocycles. The summed E-state index contributed by atoms with van der Waals surface area (Å²) in [6, 6.07) is 3.44. The van der Waals surface area contributed by atoms with Crippen LogP contribution in [0.1, 0.15) is 16.1 Å². The predicted octanol–water partition coefficient (Wildman–Crippen LogP) is 2.62. The fraction of sp³-hybridized carbons (Fsp3) is 0.250. The smallest absolute Gasteiger partial charge is 0.417 e. The fourth-order valence-electron chi connectivity index (χ4n) is 1.74. The maximum Gasteiger partial charge on any atom is 0.417 e. The molecule has 0 saturated heterocycles. The molecule has 1 heterocycles. The van der Waals surface area contributed by atoms with Crippen molar-refractivity contribution in [3.05, 3.63) is 29.5 Å². The summed E-state index contributed by atoms with van der Waals surface area (Å²) < 4.78 is 44.0. The highest BCUT2D eigenvalue weighted by Gasteiger charge is 2.34. The zero-order valence-corrected chi connectivity index (χ0v) is 10.2. The number of alkyl halides is 3. The van der Waals surface area contributed by atoms with E-state index in [4.69, 9.17) is 10.2 Å². The van der Waals surface area contributed by atoms with Crippen molar-refractivity contribution in [3.63, 3.8) is 0 Å². The van der Waals surface area contributed by atoms with Crippen LogP contribution in [0, 0.1) is 0 Å². The minimum atomic E-state index is -4.54. The van der Waals surface area contributed by atoms with Gasteiger partial charge < -0.3 is 15.1 Å². The van der Waals surface area contributed by atoms with Crippen LogP contribution in [-0.4, -0.2) is 20.0 Å². The van der Waals surface area contributed by atoms with Crippen LogP contribution < -0.4 is 10.6 Å². The molecule has 0 aliphatic rings. The maximum atomic E-state index is 13.0. The summed E-state index contributed by atoms with van der Waals surface area (Å²) >= 11 is 0. The van der Waals surface area contributed by atoms with Crippen LogP contribution in [0.4, 0.5) is 18.9 Å². The summed E-state index contributed by atoms with van der Waals surface area (Å²) in [6.07, 6.45) is -4.54. The molecule has 0 aliphatic heterocycles. The molecule has 0 spiro atoms. The molecule has 1 aromatic carbocycles. The van der Waals surface area contributed by atoms with Crippen LogP contribution in [0.2, 0.25) is 0 Å². The molecule has 1 amide bonds. The second-order valence-electron chi connectivity index (χ2n) is 4.27. The molecule has 19 heavy (non-hydrogen) atoms. The molecular weight excluding hydrogens is 261 g/mol. The maximum absolute atomic E-state index is 13.0. The summed E-state index contributed by atoms with van der Waals surface area (Å²) in [6.45, 7) is 0. The van der Waals surface area contributed by atoms with Gasteiger partial charge in [-0.25, -0.2) is 0 Å². The van der Waals surface area contributed by atoms with Crippen molar-refractivity contribution < 1.29 is 22.4 Å².